The van der Waals surface area contributed by atoms with E-state index in [1.165, 1.54) is 11.1 Å². The number of fused-ring (bicyclic) bond motifs is 1. The van der Waals surface area contributed by atoms with Crippen molar-refractivity contribution in [1.29, 1.82) is 0 Å². The number of nitrogens with zero attached hydrogens (tertiary/aromatic N) is 3. The maximum absolute atomic E-state index is 12.4. The fourth-order valence-corrected chi connectivity index (χ4v) is 3.28. The summed E-state index contributed by atoms with van der Waals surface area (Å²) in [5.41, 5.74) is 4.94. The topological polar surface area (TPSA) is 61.9 Å². The van der Waals surface area contributed by atoms with Crippen LogP contribution >= 0.6 is 0 Å². The van der Waals surface area contributed by atoms with Gasteiger partial charge in [0.2, 0.25) is 0 Å². The van der Waals surface area contributed by atoms with Gasteiger partial charge in [0.15, 0.2) is 5.82 Å². The molecular formula is C20H20N4O. The van der Waals surface area contributed by atoms with E-state index >= 15 is 0 Å². The molecule has 126 valence electrons. The van der Waals surface area contributed by atoms with Gasteiger partial charge in [-0.2, -0.15) is 0 Å². The minimum absolute atomic E-state index is 0.0406. The van der Waals surface area contributed by atoms with Crippen LogP contribution in [-0.2, 0) is 19.5 Å². The summed E-state index contributed by atoms with van der Waals surface area (Å²) in [5.74, 6) is 0.544. The van der Waals surface area contributed by atoms with E-state index in [2.05, 4.69) is 46.1 Å². The molecule has 4 rings (SSSR count). The summed E-state index contributed by atoms with van der Waals surface area (Å²) >= 11 is 0. The number of aryl methyl sites for hydroxylation is 1. The lowest BCUT2D eigenvalue weighted by Crippen LogP contribution is -2.35. The van der Waals surface area contributed by atoms with E-state index in [0.29, 0.717) is 18.1 Å². The molecule has 5 heteroatoms. The zero-order valence-electron chi connectivity index (χ0n) is 14.2. The van der Waals surface area contributed by atoms with Crippen molar-refractivity contribution in [2.75, 3.05) is 6.54 Å². The summed E-state index contributed by atoms with van der Waals surface area (Å²) in [6.45, 7) is 4.57. The Balaban J connectivity index is 1.63. The zero-order chi connectivity index (χ0) is 17.2. The molecule has 0 saturated heterocycles. The molecule has 3 heterocycles. The van der Waals surface area contributed by atoms with Crippen LogP contribution in [0.15, 0.2) is 53.5 Å². The summed E-state index contributed by atoms with van der Waals surface area (Å²) in [6, 6.07) is 14.0. The molecule has 0 fully saturated rings. The second kappa shape index (κ2) is 6.61. The Morgan fingerprint density at radius 2 is 2.00 bits per heavy atom. The quantitative estimate of drug-likeness (QED) is 0.801. The number of pyridine rings is 1. The SMILES string of the molecule is Cc1ccccc1CN1CCc2c(nc(-c3ccccn3)[nH]c2=O)C1. The maximum Gasteiger partial charge on any atom is 0.254 e. The van der Waals surface area contributed by atoms with E-state index in [-0.39, 0.29) is 5.56 Å². The number of hydrogen-bond donors (Lipinski definition) is 1. The predicted molar refractivity (Wildman–Crippen MR) is 97.1 cm³/mol. The molecule has 1 aliphatic heterocycles. The van der Waals surface area contributed by atoms with Crippen LogP contribution in [0.5, 0.6) is 0 Å². The van der Waals surface area contributed by atoms with E-state index in [4.69, 9.17) is 4.98 Å². The molecule has 0 atom stereocenters. The van der Waals surface area contributed by atoms with E-state index in [1.807, 2.05) is 18.2 Å². The first kappa shape index (κ1) is 15.7. The van der Waals surface area contributed by atoms with E-state index < -0.39 is 0 Å². The molecule has 1 aromatic carbocycles. The highest BCUT2D eigenvalue weighted by Crippen LogP contribution is 2.20. The molecule has 2 aromatic heterocycles. The Kier molecular flexibility index (Phi) is 4.15. The molecule has 0 radical (unpaired) electrons. The number of benzene rings is 1. The number of H-pyrrole nitrogens is 1. The first-order valence-corrected chi connectivity index (χ1v) is 8.51. The normalized spacial score (nSPS) is 14.3. The summed E-state index contributed by atoms with van der Waals surface area (Å²) in [4.78, 5) is 26.6. The van der Waals surface area contributed by atoms with Gasteiger partial charge in [0.25, 0.3) is 5.56 Å². The van der Waals surface area contributed by atoms with E-state index in [0.717, 1.165) is 30.8 Å². The number of hydrogen-bond acceptors (Lipinski definition) is 4. The average Bonchev–Trinajstić information content (AvgIpc) is 2.64. The molecule has 0 amide bonds. The highest BCUT2D eigenvalue weighted by Gasteiger charge is 2.22. The minimum atomic E-state index is -0.0406. The molecular weight excluding hydrogens is 312 g/mol. The van der Waals surface area contributed by atoms with Gasteiger partial charge in [-0.1, -0.05) is 30.3 Å². The average molecular weight is 332 g/mol. The van der Waals surface area contributed by atoms with Gasteiger partial charge in [-0.15, -0.1) is 0 Å². The number of aromatic nitrogens is 3. The first-order valence-electron chi connectivity index (χ1n) is 8.51. The van der Waals surface area contributed by atoms with Crippen LogP contribution in [0.25, 0.3) is 11.5 Å². The highest BCUT2D eigenvalue weighted by molar-refractivity contribution is 5.49. The Bertz CT molecular complexity index is 949. The van der Waals surface area contributed by atoms with Crippen LogP contribution in [0.1, 0.15) is 22.4 Å². The molecule has 25 heavy (non-hydrogen) atoms. The maximum atomic E-state index is 12.4. The smallest absolute Gasteiger partial charge is 0.254 e. The fourth-order valence-electron chi connectivity index (χ4n) is 3.28. The Hall–Kier alpha value is -2.79. The van der Waals surface area contributed by atoms with Crippen molar-refractivity contribution in [2.45, 2.75) is 26.4 Å². The van der Waals surface area contributed by atoms with Crippen molar-refractivity contribution in [3.63, 3.8) is 0 Å². The van der Waals surface area contributed by atoms with Gasteiger partial charge in [-0.05, 0) is 36.6 Å². The lowest BCUT2D eigenvalue weighted by atomic mass is 10.0. The van der Waals surface area contributed by atoms with Crippen molar-refractivity contribution in [3.05, 3.63) is 81.4 Å². The number of nitrogens with one attached hydrogen (secondary N) is 1. The van der Waals surface area contributed by atoms with Crippen LogP contribution in [0.2, 0.25) is 0 Å². The third-order valence-electron chi connectivity index (χ3n) is 4.72. The van der Waals surface area contributed by atoms with E-state index in [9.17, 15) is 4.79 Å². The molecule has 0 aliphatic carbocycles. The van der Waals surface area contributed by atoms with Gasteiger partial charge >= 0.3 is 0 Å². The van der Waals surface area contributed by atoms with Gasteiger partial charge in [0.05, 0.1) is 5.69 Å². The predicted octanol–water partition coefficient (Wildman–Crippen LogP) is 2.70. The summed E-state index contributed by atoms with van der Waals surface area (Å²) in [6.07, 6.45) is 2.44. The third-order valence-corrected chi connectivity index (χ3v) is 4.72. The first-order chi connectivity index (χ1) is 12.2. The van der Waals surface area contributed by atoms with Crippen molar-refractivity contribution in [3.8, 4) is 11.5 Å². The van der Waals surface area contributed by atoms with E-state index in [1.54, 1.807) is 6.20 Å². The second-order valence-electron chi connectivity index (χ2n) is 6.44. The summed E-state index contributed by atoms with van der Waals surface area (Å²) in [7, 11) is 0. The Labute approximate surface area is 146 Å². The van der Waals surface area contributed by atoms with Crippen molar-refractivity contribution in [1.82, 2.24) is 19.9 Å². The van der Waals surface area contributed by atoms with Crippen molar-refractivity contribution in [2.24, 2.45) is 0 Å². The molecule has 0 saturated carbocycles. The Morgan fingerprint density at radius 1 is 1.16 bits per heavy atom. The number of rotatable bonds is 3. The van der Waals surface area contributed by atoms with Gasteiger partial charge < -0.3 is 4.98 Å². The molecule has 0 bridgehead atoms. The van der Waals surface area contributed by atoms with Crippen LogP contribution in [0.3, 0.4) is 0 Å². The fraction of sp³-hybridized carbons (Fsp3) is 0.250. The van der Waals surface area contributed by atoms with Gasteiger partial charge in [0, 0.05) is 31.4 Å². The monoisotopic (exact) mass is 332 g/mol. The third kappa shape index (κ3) is 3.23. The van der Waals surface area contributed by atoms with Crippen molar-refractivity contribution >= 4 is 0 Å². The minimum Gasteiger partial charge on any atom is -0.305 e. The van der Waals surface area contributed by atoms with Crippen LogP contribution in [0.4, 0.5) is 0 Å². The standard InChI is InChI=1S/C20H20N4O/c1-14-6-2-3-7-15(14)12-24-11-9-16-18(13-24)22-19(23-20(16)25)17-8-4-5-10-21-17/h2-8,10H,9,11-13H2,1H3,(H,22,23,25). The van der Waals surface area contributed by atoms with Gasteiger partial charge in [0.1, 0.15) is 5.69 Å². The zero-order valence-corrected chi connectivity index (χ0v) is 14.2. The molecule has 0 spiro atoms. The van der Waals surface area contributed by atoms with Crippen LogP contribution in [-0.4, -0.2) is 26.4 Å². The molecule has 0 unspecified atom stereocenters. The lowest BCUT2D eigenvalue weighted by molar-refractivity contribution is 0.240. The largest absolute Gasteiger partial charge is 0.305 e. The molecule has 5 nitrogen and oxygen atoms in total. The Morgan fingerprint density at radius 3 is 2.80 bits per heavy atom. The van der Waals surface area contributed by atoms with Gasteiger partial charge in [-0.25, -0.2) is 4.98 Å². The lowest BCUT2D eigenvalue weighted by Gasteiger charge is -2.28. The molecule has 1 N–H and O–H groups in total. The molecule has 3 aromatic rings. The van der Waals surface area contributed by atoms with Gasteiger partial charge in [-0.3, -0.25) is 14.7 Å². The summed E-state index contributed by atoms with van der Waals surface area (Å²) in [5, 5.41) is 0. The molecule has 1 aliphatic rings. The van der Waals surface area contributed by atoms with Crippen LogP contribution < -0.4 is 5.56 Å². The summed E-state index contributed by atoms with van der Waals surface area (Å²) < 4.78 is 0. The highest BCUT2D eigenvalue weighted by atomic mass is 16.1. The second-order valence-corrected chi connectivity index (χ2v) is 6.44. The van der Waals surface area contributed by atoms with Crippen molar-refractivity contribution < 1.29 is 0 Å². The van der Waals surface area contributed by atoms with Crippen LogP contribution in [0, 0.1) is 6.92 Å². The number of aromatic amines is 1.